The number of nitrogens with zero attached hydrogens (tertiary/aromatic N) is 2. The molecule has 0 radical (unpaired) electrons. The number of aromatic nitrogens is 1. The molecule has 0 unspecified atom stereocenters. The molecule has 2 nitrogen and oxygen atoms in total. The van der Waals surface area contributed by atoms with Gasteiger partial charge in [0.05, 0.1) is 5.41 Å². The van der Waals surface area contributed by atoms with Gasteiger partial charge in [0.25, 0.3) is 0 Å². The number of aryl methyl sites for hydroxylation is 1. The monoisotopic (exact) mass is 419 g/mol. The standard InChI is InChI=1S/C30H31N2/c1-3-32-26-13-7-5-11-23(26)24-21-22(15-17-27(24)32)16-18-29-30(19-9-4-10-20-30)25-12-6-8-14-28(25)31(29)2/h5-8,11-18,21H,3-4,9-10,19-20H2,1-2H3/q+1. The highest BCUT2D eigenvalue weighted by atomic mass is 15.0. The summed E-state index contributed by atoms with van der Waals surface area (Å²) >= 11 is 0. The van der Waals surface area contributed by atoms with E-state index in [2.05, 4.69) is 102 Å². The van der Waals surface area contributed by atoms with Gasteiger partial charge in [-0.3, -0.25) is 0 Å². The number of allylic oxidation sites excluding steroid dienone is 1. The van der Waals surface area contributed by atoms with Crippen molar-refractivity contribution in [2.24, 2.45) is 0 Å². The molecule has 2 aliphatic rings. The molecule has 0 amide bonds. The van der Waals surface area contributed by atoms with E-state index in [1.54, 1.807) is 0 Å². The molecule has 1 fully saturated rings. The van der Waals surface area contributed by atoms with Crippen molar-refractivity contribution in [2.45, 2.75) is 51.0 Å². The van der Waals surface area contributed by atoms with Gasteiger partial charge in [-0.2, -0.15) is 4.58 Å². The van der Waals surface area contributed by atoms with Crippen molar-refractivity contribution in [2.75, 3.05) is 7.05 Å². The van der Waals surface area contributed by atoms with E-state index in [9.17, 15) is 0 Å². The smallest absolute Gasteiger partial charge is 0.209 e. The zero-order valence-electron chi connectivity index (χ0n) is 19.1. The molecule has 6 rings (SSSR count). The molecule has 1 aliphatic carbocycles. The Kier molecular flexibility index (Phi) is 4.57. The highest BCUT2D eigenvalue weighted by molar-refractivity contribution is 6.09. The lowest BCUT2D eigenvalue weighted by Gasteiger charge is -2.31. The molecule has 2 heteroatoms. The van der Waals surface area contributed by atoms with Crippen LogP contribution in [0.5, 0.6) is 0 Å². The van der Waals surface area contributed by atoms with Gasteiger partial charge >= 0.3 is 0 Å². The minimum absolute atomic E-state index is 0.183. The number of rotatable bonds is 3. The van der Waals surface area contributed by atoms with Crippen LogP contribution in [0.2, 0.25) is 0 Å². The molecule has 2 heterocycles. The van der Waals surface area contributed by atoms with Crippen LogP contribution < -0.4 is 0 Å². The van der Waals surface area contributed by atoms with Crippen LogP contribution >= 0.6 is 0 Å². The molecule has 1 aliphatic heterocycles. The first-order valence-electron chi connectivity index (χ1n) is 12.1. The molecule has 0 saturated heterocycles. The molecule has 4 aromatic rings. The fourth-order valence-electron chi connectivity index (χ4n) is 6.40. The van der Waals surface area contributed by atoms with Crippen LogP contribution in [0, 0.1) is 0 Å². The maximum atomic E-state index is 2.44. The lowest BCUT2D eigenvalue weighted by molar-refractivity contribution is -0.401. The molecule has 0 N–H and O–H groups in total. The van der Waals surface area contributed by atoms with Crippen molar-refractivity contribution in [1.29, 1.82) is 0 Å². The van der Waals surface area contributed by atoms with E-state index >= 15 is 0 Å². The molecule has 0 atom stereocenters. The fraction of sp³-hybridized carbons (Fsp3) is 0.300. The number of hydrogen-bond donors (Lipinski definition) is 0. The number of para-hydroxylation sites is 2. The Morgan fingerprint density at radius 2 is 1.59 bits per heavy atom. The van der Waals surface area contributed by atoms with Crippen molar-refractivity contribution in [3.05, 3.63) is 83.9 Å². The third kappa shape index (κ3) is 2.75. The molecular weight excluding hydrogens is 388 g/mol. The van der Waals surface area contributed by atoms with E-state index < -0.39 is 0 Å². The van der Waals surface area contributed by atoms with Crippen molar-refractivity contribution in [1.82, 2.24) is 4.57 Å². The van der Waals surface area contributed by atoms with E-state index in [4.69, 9.17) is 0 Å². The van der Waals surface area contributed by atoms with Crippen LogP contribution in [0.25, 0.3) is 27.9 Å². The highest BCUT2D eigenvalue weighted by Crippen LogP contribution is 2.48. The molecular formula is C30H31N2+. The molecule has 160 valence electrons. The van der Waals surface area contributed by atoms with Crippen molar-refractivity contribution in [3.8, 4) is 0 Å². The lowest BCUT2D eigenvalue weighted by Crippen LogP contribution is -2.36. The zero-order chi connectivity index (χ0) is 21.7. The third-order valence-electron chi connectivity index (χ3n) is 7.89. The minimum Gasteiger partial charge on any atom is -0.341 e. The molecule has 32 heavy (non-hydrogen) atoms. The fourth-order valence-corrected chi connectivity index (χ4v) is 6.40. The minimum atomic E-state index is 0.183. The van der Waals surface area contributed by atoms with Gasteiger partial charge < -0.3 is 4.57 Å². The molecule has 1 saturated carbocycles. The Hall–Kier alpha value is -3.13. The first-order chi connectivity index (χ1) is 15.7. The Labute approximate surface area is 190 Å². The van der Waals surface area contributed by atoms with Crippen LogP contribution in [-0.2, 0) is 12.0 Å². The summed E-state index contributed by atoms with van der Waals surface area (Å²) in [6, 6.07) is 24.8. The SMILES string of the molecule is CCn1c2ccccc2c2cc(/C=C/C3=[N+](C)c4ccccc4C34CCCCC4)ccc21. The maximum Gasteiger partial charge on any atom is 0.209 e. The van der Waals surface area contributed by atoms with Crippen LogP contribution in [-0.4, -0.2) is 21.9 Å². The van der Waals surface area contributed by atoms with Crippen molar-refractivity contribution < 1.29 is 4.58 Å². The van der Waals surface area contributed by atoms with Gasteiger partial charge in [0.2, 0.25) is 5.69 Å². The summed E-state index contributed by atoms with van der Waals surface area (Å²) < 4.78 is 4.87. The second-order valence-electron chi connectivity index (χ2n) is 9.48. The molecule has 0 bridgehead atoms. The summed E-state index contributed by atoms with van der Waals surface area (Å²) in [5.74, 6) is 0. The van der Waals surface area contributed by atoms with Gasteiger partial charge in [-0.25, -0.2) is 0 Å². The van der Waals surface area contributed by atoms with Gasteiger partial charge in [-0.1, -0.05) is 61.7 Å². The van der Waals surface area contributed by atoms with Crippen LogP contribution in [0.3, 0.4) is 0 Å². The van der Waals surface area contributed by atoms with Gasteiger partial charge in [-0.05, 0) is 49.6 Å². The van der Waals surface area contributed by atoms with Crippen molar-refractivity contribution in [3.63, 3.8) is 0 Å². The Morgan fingerprint density at radius 3 is 2.44 bits per heavy atom. The van der Waals surface area contributed by atoms with Crippen LogP contribution in [0.1, 0.15) is 50.2 Å². The summed E-state index contributed by atoms with van der Waals surface area (Å²) in [7, 11) is 2.25. The maximum absolute atomic E-state index is 2.44. The van der Waals surface area contributed by atoms with E-state index in [-0.39, 0.29) is 5.41 Å². The Balaban J connectivity index is 1.46. The summed E-state index contributed by atoms with van der Waals surface area (Å²) in [6.07, 6.45) is 11.3. The van der Waals surface area contributed by atoms with Gasteiger partial charge in [-0.15, -0.1) is 0 Å². The second-order valence-corrected chi connectivity index (χ2v) is 9.48. The van der Waals surface area contributed by atoms with Gasteiger partial charge in [0.1, 0.15) is 7.05 Å². The highest BCUT2D eigenvalue weighted by Gasteiger charge is 2.50. The first kappa shape index (κ1) is 19.5. The van der Waals surface area contributed by atoms with E-state index in [0.717, 1.165) is 6.54 Å². The lowest BCUT2D eigenvalue weighted by atomic mass is 9.67. The van der Waals surface area contributed by atoms with Crippen molar-refractivity contribution >= 4 is 39.3 Å². The topological polar surface area (TPSA) is 7.94 Å². The summed E-state index contributed by atoms with van der Waals surface area (Å²) in [6.45, 7) is 3.22. The third-order valence-corrected chi connectivity index (χ3v) is 7.89. The molecule has 1 aromatic heterocycles. The van der Waals surface area contributed by atoms with Gasteiger partial charge in [0, 0.05) is 46.1 Å². The van der Waals surface area contributed by atoms with E-state index in [1.165, 1.54) is 76.4 Å². The number of hydrogen-bond acceptors (Lipinski definition) is 0. The van der Waals surface area contributed by atoms with Crippen LogP contribution in [0.15, 0.2) is 72.8 Å². The van der Waals surface area contributed by atoms with Gasteiger partial charge in [0.15, 0.2) is 5.71 Å². The van der Waals surface area contributed by atoms with E-state index in [1.807, 2.05) is 0 Å². The van der Waals surface area contributed by atoms with E-state index in [0.29, 0.717) is 0 Å². The number of fused-ring (bicyclic) bond motifs is 5. The Bertz CT molecular complexity index is 1390. The summed E-state index contributed by atoms with van der Waals surface area (Å²) in [4.78, 5) is 0. The largest absolute Gasteiger partial charge is 0.341 e. The number of benzene rings is 3. The average molecular weight is 420 g/mol. The van der Waals surface area contributed by atoms with Crippen LogP contribution in [0.4, 0.5) is 5.69 Å². The predicted molar refractivity (Wildman–Crippen MR) is 136 cm³/mol. The normalized spacial score (nSPS) is 17.8. The zero-order valence-corrected chi connectivity index (χ0v) is 19.1. The first-order valence-corrected chi connectivity index (χ1v) is 12.1. The summed E-state index contributed by atoms with van der Waals surface area (Å²) in [5, 5.41) is 2.70. The quantitative estimate of drug-likeness (QED) is 0.305. The molecule has 1 spiro atoms. The summed E-state index contributed by atoms with van der Waals surface area (Å²) in [5.41, 5.74) is 8.50. The average Bonchev–Trinajstić information content (AvgIpc) is 3.28. The Morgan fingerprint density at radius 1 is 0.844 bits per heavy atom. The molecule has 3 aromatic carbocycles. The predicted octanol–water partition coefficient (Wildman–Crippen LogP) is 7.46. The second kappa shape index (κ2) is 7.48.